The zero-order valence-corrected chi connectivity index (χ0v) is 15.1. The number of aromatic nitrogens is 3. The van der Waals surface area contributed by atoms with Crippen LogP contribution in [0.3, 0.4) is 0 Å². The van der Waals surface area contributed by atoms with E-state index in [0.29, 0.717) is 5.56 Å². The van der Waals surface area contributed by atoms with Gasteiger partial charge in [-0.15, -0.1) is 5.10 Å². The first-order chi connectivity index (χ1) is 12.0. The Morgan fingerprint density at radius 1 is 1.20 bits per heavy atom. The molecule has 3 rings (SSSR count). The van der Waals surface area contributed by atoms with Gasteiger partial charge in [-0.25, -0.2) is 4.68 Å². The normalized spacial score (nSPS) is 11.2. The Kier molecular flexibility index (Phi) is 4.81. The second-order valence-electron chi connectivity index (χ2n) is 6.52. The molecule has 3 aromatic rings. The standard InChI is InChI=1S/C19H23N5O/c1-13-6-5-7-16(14(13)2)20-19(25)15-8-9-18-17(12-15)21-22-24(18)11-10-23(3)4/h5-9,12H,10-11H2,1-4H3,(H,20,25). The van der Waals surface area contributed by atoms with Gasteiger partial charge in [-0.05, 0) is 63.3 Å². The van der Waals surface area contributed by atoms with Gasteiger partial charge in [-0.2, -0.15) is 0 Å². The third kappa shape index (κ3) is 3.69. The minimum absolute atomic E-state index is 0.140. The summed E-state index contributed by atoms with van der Waals surface area (Å²) in [6.45, 7) is 5.68. The van der Waals surface area contributed by atoms with Gasteiger partial charge in [-0.1, -0.05) is 17.3 Å². The molecule has 6 heteroatoms. The van der Waals surface area contributed by atoms with Gasteiger partial charge in [0.15, 0.2) is 0 Å². The van der Waals surface area contributed by atoms with Crippen LogP contribution in [0.5, 0.6) is 0 Å². The lowest BCUT2D eigenvalue weighted by Gasteiger charge is -2.11. The Balaban J connectivity index is 1.81. The van der Waals surface area contributed by atoms with Crippen molar-refractivity contribution in [3.8, 4) is 0 Å². The van der Waals surface area contributed by atoms with Crippen LogP contribution in [0.15, 0.2) is 36.4 Å². The molecule has 0 aliphatic rings. The van der Waals surface area contributed by atoms with Crippen molar-refractivity contribution in [2.45, 2.75) is 20.4 Å². The largest absolute Gasteiger partial charge is 0.322 e. The van der Waals surface area contributed by atoms with Crippen LogP contribution in [0.25, 0.3) is 11.0 Å². The predicted octanol–water partition coefficient (Wildman–Crippen LogP) is 2.86. The van der Waals surface area contributed by atoms with E-state index in [0.717, 1.165) is 40.9 Å². The molecule has 2 aromatic carbocycles. The van der Waals surface area contributed by atoms with Crippen molar-refractivity contribution in [3.63, 3.8) is 0 Å². The fourth-order valence-electron chi connectivity index (χ4n) is 2.65. The molecule has 1 N–H and O–H groups in total. The first-order valence-electron chi connectivity index (χ1n) is 8.31. The molecule has 0 aliphatic carbocycles. The zero-order valence-electron chi connectivity index (χ0n) is 15.1. The van der Waals surface area contributed by atoms with Crippen LogP contribution in [0.2, 0.25) is 0 Å². The van der Waals surface area contributed by atoms with Gasteiger partial charge >= 0.3 is 0 Å². The number of nitrogens with one attached hydrogen (secondary N) is 1. The maximum atomic E-state index is 12.6. The van der Waals surface area contributed by atoms with Crippen LogP contribution in [0.1, 0.15) is 21.5 Å². The van der Waals surface area contributed by atoms with Crippen molar-refractivity contribution >= 4 is 22.6 Å². The van der Waals surface area contributed by atoms with Gasteiger partial charge < -0.3 is 10.2 Å². The van der Waals surface area contributed by atoms with Crippen LogP contribution in [0, 0.1) is 13.8 Å². The van der Waals surface area contributed by atoms with E-state index in [-0.39, 0.29) is 5.91 Å². The number of hydrogen-bond acceptors (Lipinski definition) is 4. The van der Waals surface area contributed by atoms with Gasteiger partial charge in [0, 0.05) is 17.8 Å². The average Bonchev–Trinajstić information content (AvgIpc) is 2.99. The van der Waals surface area contributed by atoms with Gasteiger partial charge in [0.25, 0.3) is 5.91 Å². The second kappa shape index (κ2) is 7.03. The number of amides is 1. The fourth-order valence-corrected chi connectivity index (χ4v) is 2.65. The number of fused-ring (bicyclic) bond motifs is 1. The second-order valence-corrected chi connectivity index (χ2v) is 6.52. The molecule has 0 spiro atoms. The summed E-state index contributed by atoms with van der Waals surface area (Å²) in [6, 6.07) is 11.4. The summed E-state index contributed by atoms with van der Waals surface area (Å²) in [4.78, 5) is 14.7. The van der Waals surface area contributed by atoms with E-state index in [9.17, 15) is 4.79 Å². The van der Waals surface area contributed by atoms with Crippen LogP contribution < -0.4 is 5.32 Å². The molecule has 130 valence electrons. The quantitative estimate of drug-likeness (QED) is 0.777. The van der Waals surface area contributed by atoms with E-state index < -0.39 is 0 Å². The van der Waals surface area contributed by atoms with Crippen LogP contribution in [-0.4, -0.2) is 46.4 Å². The molecular weight excluding hydrogens is 314 g/mol. The lowest BCUT2D eigenvalue weighted by molar-refractivity contribution is 0.102. The highest BCUT2D eigenvalue weighted by Gasteiger charge is 2.12. The van der Waals surface area contributed by atoms with Crippen molar-refractivity contribution < 1.29 is 4.79 Å². The number of carbonyl (C=O) groups is 1. The molecule has 1 heterocycles. The van der Waals surface area contributed by atoms with Crippen LogP contribution >= 0.6 is 0 Å². The number of carbonyl (C=O) groups excluding carboxylic acids is 1. The predicted molar refractivity (Wildman–Crippen MR) is 100.0 cm³/mol. The smallest absolute Gasteiger partial charge is 0.255 e. The molecule has 0 saturated heterocycles. The number of likely N-dealkylation sites (N-methyl/N-ethyl adjacent to an activating group) is 1. The summed E-state index contributed by atoms with van der Waals surface area (Å²) in [5.74, 6) is -0.140. The molecule has 0 unspecified atom stereocenters. The molecule has 0 aliphatic heterocycles. The number of rotatable bonds is 5. The van der Waals surface area contributed by atoms with Crippen molar-refractivity contribution in [2.24, 2.45) is 0 Å². The zero-order chi connectivity index (χ0) is 18.0. The molecule has 0 saturated carbocycles. The summed E-state index contributed by atoms with van der Waals surface area (Å²) in [5.41, 5.74) is 5.30. The number of benzene rings is 2. The Hall–Kier alpha value is -2.73. The number of aryl methyl sites for hydroxylation is 1. The van der Waals surface area contributed by atoms with Crippen molar-refractivity contribution in [1.29, 1.82) is 0 Å². The van der Waals surface area contributed by atoms with E-state index in [1.807, 2.05) is 63.0 Å². The third-order valence-corrected chi connectivity index (χ3v) is 4.39. The summed E-state index contributed by atoms with van der Waals surface area (Å²) in [5, 5.41) is 11.4. The van der Waals surface area contributed by atoms with Crippen LogP contribution in [-0.2, 0) is 6.54 Å². The van der Waals surface area contributed by atoms with E-state index in [2.05, 4.69) is 20.5 Å². The first-order valence-corrected chi connectivity index (χ1v) is 8.31. The van der Waals surface area contributed by atoms with Crippen molar-refractivity contribution in [1.82, 2.24) is 19.9 Å². The monoisotopic (exact) mass is 337 g/mol. The highest BCUT2D eigenvalue weighted by Crippen LogP contribution is 2.20. The lowest BCUT2D eigenvalue weighted by atomic mass is 10.1. The third-order valence-electron chi connectivity index (χ3n) is 4.39. The summed E-state index contributed by atoms with van der Waals surface area (Å²) >= 11 is 0. The van der Waals surface area contributed by atoms with Gasteiger partial charge in [0.1, 0.15) is 5.52 Å². The van der Waals surface area contributed by atoms with Gasteiger partial charge in [0.2, 0.25) is 0 Å². The average molecular weight is 337 g/mol. The summed E-state index contributed by atoms with van der Waals surface area (Å²) in [7, 11) is 4.05. The van der Waals surface area contributed by atoms with E-state index >= 15 is 0 Å². The van der Waals surface area contributed by atoms with Crippen molar-refractivity contribution in [2.75, 3.05) is 26.0 Å². The molecular formula is C19H23N5O. The van der Waals surface area contributed by atoms with Gasteiger partial charge in [-0.3, -0.25) is 4.79 Å². The highest BCUT2D eigenvalue weighted by atomic mass is 16.1. The van der Waals surface area contributed by atoms with E-state index in [1.54, 1.807) is 6.07 Å². The Morgan fingerprint density at radius 3 is 2.76 bits per heavy atom. The fraction of sp³-hybridized carbons (Fsp3) is 0.316. The Labute approximate surface area is 147 Å². The summed E-state index contributed by atoms with van der Waals surface area (Å²) < 4.78 is 1.86. The SMILES string of the molecule is Cc1cccc(NC(=O)c2ccc3c(c2)nnn3CCN(C)C)c1C. The first kappa shape index (κ1) is 17.1. The molecule has 0 bridgehead atoms. The number of nitrogens with zero attached hydrogens (tertiary/aromatic N) is 4. The molecule has 0 fully saturated rings. The molecule has 25 heavy (non-hydrogen) atoms. The van der Waals surface area contributed by atoms with Crippen LogP contribution in [0.4, 0.5) is 5.69 Å². The Bertz CT molecular complexity index is 913. The number of anilines is 1. The Morgan fingerprint density at radius 2 is 2.00 bits per heavy atom. The topological polar surface area (TPSA) is 63.1 Å². The maximum Gasteiger partial charge on any atom is 0.255 e. The van der Waals surface area contributed by atoms with Gasteiger partial charge in [0.05, 0.1) is 12.1 Å². The maximum absolute atomic E-state index is 12.6. The highest BCUT2D eigenvalue weighted by molar-refractivity contribution is 6.06. The summed E-state index contributed by atoms with van der Waals surface area (Å²) in [6.07, 6.45) is 0. The molecule has 1 amide bonds. The van der Waals surface area contributed by atoms with E-state index in [1.165, 1.54) is 0 Å². The number of hydrogen-bond donors (Lipinski definition) is 1. The molecule has 1 aromatic heterocycles. The molecule has 6 nitrogen and oxygen atoms in total. The minimum Gasteiger partial charge on any atom is -0.322 e. The minimum atomic E-state index is -0.140. The molecule has 0 radical (unpaired) electrons. The van der Waals surface area contributed by atoms with Crippen molar-refractivity contribution in [3.05, 3.63) is 53.1 Å². The van der Waals surface area contributed by atoms with E-state index in [4.69, 9.17) is 0 Å². The molecule has 0 atom stereocenters. The lowest BCUT2D eigenvalue weighted by Crippen LogP contribution is -2.19.